The number of carbonyl (C=O) groups is 2. The Morgan fingerprint density at radius 2 is 1.69 bits per heavy atom. The minimum Gasteiger partial charge on any atom is -0.395 e. The molecule has 0 radical (unpaired) electrons. The number of aliphatic hydroxyl groups is 2. The van der Waals surface area contributed by atoms with Crippen molar-refractivity contribution in [1.29, 1.82) is 0 Å². The van der Waals surface area contributed by atoms with E-state index in [0.717, 1.165) is 22.6 Å². The Morgan fingerprint density at radius 3 is 2.33 bits per heavy atom. The maximum absolute atomic E-state index is 12.8. The summed E-state index contributed by atoms with van der Waals surface area (Å²) in [5.41, 5.74) is 4.90. The lowest BCUT2D eigenvalue weighted by molar-refractivity contribution is -0.425. The SMILES string of the molecule is CC(=O)SCCNC(=O)C[N+]1=C(/C=C/c2ccc(N(CCO)CCO)cc2)C(C)(C)c2ccccc21. The van der Waals surface area contributed by atoms with Gasteiger partial charge in [-0.1, -0.05) is 42.1 Å². The molecule has 0 aliphatic carbocycles. The monoisotopic (exact) mass is 510 g/mol. The van der Waals surface area contributed by atoms with Crippen LogP contribution in [0.2, 0.25) is 0 Å². The van der Waals surface area contributed by atoms with Gasteiger partial charge in [-0.2, -0.15) is 4.58 Å². The average molecular weight is 511 g/mol. The topological polar surface area (TPSA) is 92.9 Å². The summed E-state index contributed by atoms with van der Waals surface area (Å²) in [6, 6.07) is 16.1. The first-order valence-corrected chi connectivity index (χ1v) is 13.2. The summed E-state index contributed by atoms with van der Waals surface area (Å²) < 4.78 is 2.07. The number of rotatable bonds is 12. The Bertz CT molecular complexity index is 1120. The minimum absolute atomic E-state index is 0.0224. The zero-order valence-corrected chi connectivity index (χ0v) is 22.1. The van der Waals surface area contributed by atoms with Gasteiger partial charge >= 0.3 is 0 Å². The van der Waals surface area contributed by atoms with Crippen molar-refractivity contribution in [3.8, 4) is 0 Å². The van der Waals surface area contributed by atoms with Crippen LogP contribution in [0.25, 0.3) is 6.08 Å². The normalized spacial score (nSPS) is 14.2. The van der Waals surface area contributed by atoms with E-state index in [4.69, 9.17) is 0 Å². The molecular weight excluding hydrogens is 474 g/mol. The molecule has 0 saturated heterocycles. The number of thioether (sulfide) groups is 1. The highest BCUT2D eigenvalue weighted by atomic mass is 32.2. The zero-order chi connectivity index (χ0) is 26.1. The van der Waals surface area contributed by atoms with Crippen molar-refractivity contribution >= 4 is 45.9 Å². The van der Waals surface area contributed by atoms with Gasteiger partial charge in [0.15, 0.2) is 10.8 Å². The van der Waals surface area contributed by atoms with Crippen molar-refractivity contribution in [3.05, 3.63) is 65.7 Å². The molecule has 8 heteroatoms. The number of hydrogen-bond donors (Lipinski definition) is 3. The number of allylic oxidation sites excluding steroid dienone is 1. The van der Waals surface area contributed by atoms with Crippen LogP contribution in [-0.4, -0.2) is 76.7 Å². The summed E-state index contributed by atoms with van der Waals surface area (Å²) in [5, 5.41) is 21.6. The Hall–Kier alpha value is -2.94. The average Bonchev–Trinajstić information content (AvgIpc) is 3.06. The molecule has 0 spiro atoms. The number of carbonyl (C=O) groups excluding carboxylic acids is 2. The summed E-state index contributed by atoms with van der Waals surface area (Å²) in [6.45, 7) is 7.47. The summed E-state index contributed by atoms with van der Waals surface area (Å²) in [4.78, 5) is 25.8. The highest BCUT2D eigenvalue weighted by Gasteiger charge is 2.44. The van der Waals surface area contributed by atoms with Gasteiger partial charge in [0.25, 0.3) is 5.91 Å². The Labute approximate surface area is 217 Å². The maximum atomic E-state index is 12.8. The number of amides is 1. The van der Waals surface area contributed by atoms with E-state index in [2.05, 4.69) is 35.9 Å². The molecule has 0 saturated carbocycles. The fourth-order valence-corrected chi connectivity index (χ4v) is 4.97. The molecule has 0 atom stereocenters. The van der Waals surface area contributed by atoms with Gasteiger partial charge in [-0.3, -0.25) is 9.59 Å². The predicted molar refractivity (Wildman–Crippen MR) is 147 cm³/mol. The molecule has 1 amide bonds. The predicted octanol–water partition coefficient (Wildman–Crippen LogP) is 2.96. The fourth-order valence-electron chi connectivity index (χ4n) is 4.48. The first kappa shape index (κ1) is 27.6. The second-order valence-electron chi connectivity index (χ2n) is 9.16. The molecule has 1 aliphatic rings. The van der Waals surface area contributed by atoms with Crippen LogP contribution < -0.4 is 10.2 Å². The molecule has 0 bridgehead atoms. The highest BCUT2D eigenvalue weighted by Crippen LogP contribution is 2.39. The number of benzene rings is 2. The van der Waals surface area contributed by atoms with Gasteiger partial charge in [-0.25, -0.2) is 0 Å². The number of para-hydroxylation sites is 1. The zero-order valence-electron chi connectivity index (χ0n) is 21.2. The smallest absolute Gasteiger partial charge is 0.286 e. The van der Waals surface area contributed by atoms with Crippen molar-refractivity contribution in [2.24, 2.45) is 0 Å². The summed E-state index contributed by atoms with van der Waals surface area (Å²) >= 11 is 1.21. The maximum Gasteiger partial charge on any atom is 0.286 e. The van der Waals surface area contributed by atoms with E-state index >= 15 is 0 Å². The summed E-state index contributed by atoms with van der Waals surface area (Å²) in [5.74, 6) is 0.471. The fraction of sp³-hybridized carbons (Fsp3) is 0.393. The van der Waals surface area contributed by atoms with Crippen LogP contribution in [0.1, 0.15) is 31.9 Å². The number of anilines is 1. The van der Waals surface area contributed by atoms with E-state index in [0.29, 0.717) is 25.4 Å². The van der Waals surface area contributed by atoms with Gasteiger partial charge in [-0.15, -0.1) is 0 Å². The van der Waals surface area contributed by atoms with E-state index in [9.17, 15) is 19.8 Å². The molecule has 0 unspecified atom stereocenters. The summed E-state index contributed by atoms with van der Waals surface area (Å²) in [7, 11) is 0. The molecular formula is C28H36N3O4S+. The molecule has 7 nitrogen and oxygen atoms in total. The largest absolute Gasteiger partial charge is 0.395 e. The lowest BCUT2D eigenvalue weighted by Gasteiger charge is -2.22. The first-order valence-electron chi connectivity index (χ1n) is 12.2. The van der Waals surface area contributed by atoms with Crippen LogP contribution in [0.5, 0.6) is 0 Å². The molecule has 2 aromatic carbocycles. The molecule has 192 valence electrons. The quantitative estimate of drug-likeness (QED) is 0.300. The second-order valence-corrected chi connectivity index (χ2v) is 10.4. The second kappa shape index (κ2) is 12.9. The van der Waals surface area contributed by atoms with E-state index < -0.39 is 0 Å². The van der Waals surface area contributed by atoms with Crippen molar-refractivity contribution in [2.75, 3.05) is 50.0 Å². The van der Waals surface area contributed by atoms with E-state index in [1.165, 1.54) is 24.2 Å². The van der Waals surface area contributed by atoms with Gasteiger partial charge in [0.2, 0.25) is 12.2 Å². The van der Waals surface area contributed by atoms with Crippen molar-refractivity contribution in [3.63, 3.8) is 0 Å². The van der Waals surface area contributed by atoms with Crippen molar-refractivity contribution in [1.82, 2.24) is 5.32 Å². The van der Waals surface area contributed by atoms with Gasteiger partial charge in [0.1, 0.15) is 0 Å². The number of hydrogen-bond acceptors (Lipinski definition) is 6. The van der Waals surface area contributed by atoms with E-state index in [-0.39, 0.29) is 36.2 Å². The van der Waals surface area contributed by atoms with Crippen LogP contribution in [0, 0.1) is 0 Å². The standard InChI is InChI=1S/C28H35N3O4S/c1-21(34)36-19-14-29-27(35)20-31-25-7-5-4-6-24(25)28(2,3)26(31)13-10-22-8-11-23(12-9-22)30(15-17-32)16-18-33/h4-13,32-33H,14-20H2,1-3H3/p+1. The Morgan fingerprint density at radius 1 is 1.03 bits per heavy atom. The molecule has 3 N–H and O–H groups in total. The van der Waals surface area contributed by atoms with Gasteiger partial charge in [0, 0.05) is 55.7 Å². The van der Waals surface area contributed by atoms with E-state index in [1.54, 1.807) is 0 Å². The number of nitrogens with one attached hydrogen (secondary N) is 1. The van der Waals surface area contributed by atoms with Gasteiger partial charge in [0.05, 0.1) is 18.6 Å². The Balaban J connectivity index is 1.83. The van der Waals surface area contributed by atoms with E-state index in [1.807, 2.05) is 53.4 Å². The highest BCUT2D eigenvalue weighted by molar-refractivity contribution is 8.13. The van der Waals surface area contributed by atoms with Gasteiger partial charge in [-0.05, 0) is 37.6 Å². The van der Waals surface area contributed by atoms with Crippen molar-refractivity contribution in [2.45, 2.75) is 26.2 Å². The van der Waals surface area contributed by atoms with Gasteiger partial charge < -0.3 is 20.4 Å². The molecule has 0 fully saturated rings. The third kappa shape index (κ3) is 6.84. The van der Waals surface area contributed by atoms with Crippen LogP contribution >= 0.6 is 11.8 Å². The minimum atomic E-state index is -0.281. The van der Waals surface area contributed by atoms with Crippen molar-refractivity contribution < 1.29 is 24.4 Å². The lowest BCUT2D eigenvalue weighted by atomic mass is 9.81. The third-order valence-electron chi connectivity index (χ3n) is 6.26. The Kier molecular flexibility index (Phi) is 9.87. The molecule has 3 rings (SSSR count). The number of nitrogens with zero attached hydrogens (tertiary/aromatic N) is 2. The molecule has 2 aromatic rings. The number of fused-ring (bicyclic) bond motifs is 1. The number of aliphatic hydroxyl groups excluding tert-OH is 2. The van der Waals surface area contributed by atoms with Crippen LogP contribution in [0.3, 0.4) is 0 Å². The molecule has 36 heavy (non-hydrogen) atoms. The molecule has 1 heterocycles. The molecule has 0 aromatic heterocycles. The summed E-state index contributed by atoms with van der Waals surface area (Å²) in [6.07, 6.45) is 4.12. The van der Waals surface area contributed by atoms with Crippen LogP contribution in [-0.2, 0) is 15.0 Å². The van der Waals surface area contributed by atoms with Crippen LogP contribution in [0.15, 0.2) is 54.6 Å². The first-order chi connectivity index (χ1) is 17.3. The third-order valence-corrected chi connectivity index (χ3v) is 7.08. The van der Waals surface area contributed by atoms with Crippen LogP contribution in [0.4, 0.5) is 11.4 Å². The lowest BCUT2D eigenvalue weighted by Crippen LogP contribution is -2.35. The molecule has 1 aliphatic heterocycles.